The number of nitrogens with zero attached hydrogens (tertiary/aromatic N) is 2. The van der Waals surface area contributed by atoms with Gasteiger partial charge in [0.1, 0.15) is 0 Å². The van der Waals surface area contributed by atoms with Gasteiger partial charge in [0.25, 0.3) is 0 Å². The number of aromatic nitrogens is 2. The second-order valence-corrected chi connectivity index (χ2v) is 3.83. The van der Waals surface area contributed by atoms with Crippen molar-refractivity contribution in [2.75, 3.05) is 5.75 Å². The van der Waals surface area contributed by atoms with E-state index in [2.05, 4.69) is 46.9 Å². The van der Waals surface area contributed by atoms with Gasteiger partial charge in [-0.1, -0.05) is 6.58 Å². The Morgan fingerprint density at radius 1 is 1.82 bits per heavy atom. The Bertz CT molecular complexity index is 257. The van der Waals surface area contributed by atoms with E-state index in [1.165, 1.54) is 0 Å². The molecule has 0 aliphatic heterocycles. The van der Waals surface area contributed by atoms with Crippen molar-refractivity contribution in [2.45, 2.75) is 6.54 Å². The van der Waals surface area contributed by atoms with E-state index in [4.69, 9.17) is 0 Å². The molecule has 0 saturated carbocycles. The first-order chi connectivity index (χ1) is 5.22. The highest BCUT2D eigenvalue weighted by atomic mass is 127. The van der Waals surface area contributed by atoms with Crippen molar-refractivity contribution >= 4 is 35.2 Å². The van der Waals surface area contributed by atoms with Crippen LogP contribution in [-0.4, -0.2) is 15.5 Å². The second kappa shape index (κ2) is 4.15. The molecule has 0 aliphatic carbocycles. The van der Waals surface area contributed by atoms with Crippen molar-refractivity contribution in [1.29, 1.82) is 0 Å². The highest BCUT2D eigenvalue weighted by Crippen LogP contribution is 2.03. The summed E-state index contributed by atoms with van der Waals surface area (Å²) in [5, 5.41) is 4.12. The molecular weight excluding hydrogens is 271 g/mol. The van der Waals surface area contributed by atoms with Crippen LogP contribution in [0.5, 0.6) is 0 Å². The zero-order valence-electron chi connectivity index (χ0n) is 6.00. The Labute approximate surface area is 85.2 Å². The molecule has 60 valence electrons. The number of hydrogen-bond donors (Lipinski definition) is 1. The summed E-state index contributed by atoms with van der Waals surface area (Å²) >= 11 is 6.34. The van der Waals surface area contributed by atoms with Crippen LogP contribution in [0.15, 0.2) is 24.5 Å². The number of halogens is 1. The quantitative estimate of drug-likeness (QED) is 0.509. The van der Waals surface area contributed by atoms with Crippen molar-refractivity contribution in [2.24, 2.45) is 0 Å². The Morgan fingerprint density at radius 2 is 2.55 bits per heavy atom. The summed E-state index contributed by atoms with van der Waals surface area (Å²) in [5.41, 5.74) is 1.08. The summed E-state index contributed by atoms with van der Waals surface area (Å²) in [7, 11) is 0. The van der Waals surface area contributed by atoms with Crippen LogP contribution in [0.4, 0.5) is 0 Å². The monoisotopic (exact) mass is 280 g/mol. The van der Waals surface area contributed by atoms with Gasteiger partial charge >= 0.3 is 0 Å². The van der Waals surface area contributed by atoms with Gasteiger partial charge in [-0.15, -0.1) is 0 Å². The fraction of sp³-hybridized carbons (Fsp3) is 0.286. The molecule has 0 saturated heterocycles. The average Bonchev–Trinajstić information content (AvgIpc) is 2.35. The van der Waals surface area contributed by atoms with Crippen LogP contribution in [0.3, 0.4) is 0 Å². The first kappa shape index (κ1) is 9.12. The smallest absolute Gasteiger partial charge is 0.0625 e. The summed E-state index contributed by atoms with van der Waals surface area (Å²) in [6, 6.07) is 0. The lowest BCUT2D eigenvalue weighted by molar-refractivity contribution is 0.680. The molecule has 0 unspecified atom stereocenters. The Hall–Kier alpha value is 0.0300. The molecule has 0 aliphatic rings. The largest absolute Gasteiger partial charge is 0.268 e. The third-order valence-electron chi connectivity index (χ3n) is 1.21. The lowest BCUT2D eigenvalue weighted by Crippen LogP contribution is -2.01. The topological polar surface area (TPSA) is 17.8 Å². The molecule has 0 aromatic carbocycles. The predicted octanol–water partition coefficient (Wildman–Crippen LogP) is 1.97. The standard InChI is InChI=1S/C7H9IN2S/c1-6(5-11)3-10-4-7(8)2-9-10/h2,4,11H,1,3,5H2. The molecular formula is C7H9IN2S. The van der Waals surface area contributed by atoms with Crippen molar-refractivity contribution in [3.8, 4) is 0 Å². The van der Waals surface area contributed by atoms with Crippen LogP contribution in [0.25, 0.3) is 0 Å². The Balaban J connectivity index is 2.57. The molecule has 2 nitrogen and oxygen atoms in total. The van der Waals surface area contributed by atoms with Gasteiger partial charge < -0.3 is 0 Å². The predicted molar refractivity (Wildman–Crippen MR) is 57.9 cm³/mol. The molecule has 4 heteroatoms. The van der Waals surface area contributed by atoms with Crippen molar-refractivity contribution in [3.63, 3.8) is 0 Å². The van der Waals surface area contributed by atoms with Crippen LogP contribution < -0.4 is 0 Å². The van der Waals surface area contributed by atoms with Gasteiger partial charge in [-0.25, -0.2) is 0 Å². The van der Waals surface area contributed by atoms with E-state index in [-0.39, 0.29) is 0 Å². The van der Waals surface area contributed by atoms with Crippen LogP contribution in [0.2, 0.25) is 0 Å². The van der Waals surface area contributed by atoms with Gasteiger partial charge in [-0.3, -0.25) is 4.68 Å². The summed E-state index contributed by atoms with van der Waals surface area (Å²) in [6.45, 7) is 4.61. The third-order valence-corrected chi connectivity index (χ3v) is 2.22. The molecule has 0 N–H and O–H groups in total. The minimum absolute atomic E-state index is 0.719. The van der Waals surface area contributed by atoms with E-state index < -0.39 is 0 Å². The van der Waals surface area contributed by atoms with E-state index >= 15 is 0 Å². The van der Waals surface area contributed by atoms with Crippen molar-refractivity contribution in [3.05, 3.63) is 28.1 Å². The lowest BCUT2D eigenvalue weighted by Gasteiger charge is -2.00. The normalized spacial score (nSPS) is 10.0. The zero-order chi connectivity index (χ0) is 8.27. The van der Waals surface area contributed by atoms with E-state index in [1.807, 2.05) is 17.1 Å². The fourth-order valence-corrected chi connectivity index (χ4v) is 1.25. The summed E-state index contributed by atoms with van der Waals surface area (Å²) in [6.07, 6.45) is 3.81. The molecule has 0 amide bonds. The van der Waals surface area contributed by atoms with Gasteiger partial charge in [0.05, 0.1) is 16.3 Å². The molecule has 0 atom stereocenters. The zero-order valence-corrected chi connectivity index (χ0v) is 9.05. The second-order valence-electron chi connectivity index (χ2n) is 2.26. The van der Waals surface area contributed by atoms with Crippen LogP contribution in [0, 0.1) is 3.57 Å². The summed E-state index contributed by atoms with van der Waals surface area (Å²) in [4.78, 5) is 0. The number of thiol groups is 1. The van der Waals surface area contributed by atoms with Gasteiger partial charge in [0.2, 0.25) is 0 Å². The van der Waals surface area contributed by atoms with E-state index in [0.717, 1.165) is 21.4 Å². The molecule has 1 aromatic rings. The number of rotatable bonds is 3. The molecule has 1 rings (SSSR count). The molecule has 0 bridgehead atoms. The van der Waals surface area contributed by atoms with Gasteiger partial charge in [0, 0.05) is 11.9 Å². The van der Waals surface area contributed by atoms with Gasteiger partial charge in [-0.05, 0) is 28.2 Å². The molecule has 1 heterocycles. The first-order valence-electron chi connectivity index (χ1n) is 3.18. The van der Waals surface area contributed by atoms with E-state index in [1.54, 1.807) is 0 Å². The first-order valence-corrected chi connectivity index (χ1v) is 4.89. The highest BCUT2D eigenvalue weighted by molar-refractivity contribution is 14.1. The average molecular weight is 280 g/mol. The summed E-state index contributed by atoms with van der Waals surface area (Å²) < 4.78 is 3.01. The summed E-state index contributed by atoms with van der Waals surface area (Å²) in [5.74, 6) is 0.719. The molecule has 0 spiro atoms. The van der Waals surface area contributed by atoms with Gasteiger partial charge in [0.15, 0.2) is 0 Å². The maximum atomic E-state index is 4.12. The maximum absolute atomic E-state index is 4.12. The molecule has 11 heavy (non-hydrogen) atoms. The molecule has 0 radical (unpaired) electrons. The third kappa shape index (κ3) is 2.86. The SMILES string of the molecule is C=C(CS)Cn1cc(I)cn1. The van der Waals surface area contributed by atoms with Gasteiger partial charge in [-0.2, -0.15) is 17.7 Å². The highest BCUT2D eigenvalue weighted by Gasteiger charge is 1.95. The van der Waals surface area contributed by atoms with Crippen molar-refractivity contribution in [1.82, 2.24) is 9.78 Å². The Kier molecular flexibility index (Phi) is 3.45. The van der Waals surface area contributed by atoms with Crippen molar-refractivity contribution < 1.29 is 0 Å². The molecule has 0 fully saturated rings. The van der Waals surface area contributed by atoms with E-state index in [9.17, 15) is 0 Å². The van der Waals surface area contributed by atoms with Crippen LogP contribution in [-0.2, 0) is 6.54 Å². The van der Waals surface area contributed by atoms with Crippen LogP contribution >= 0.6 is 35.2 Å². The minimum atomic E-state index is 0.719. The number of hydrogen-bond acceptors (Lipinski definition) is 2. The molecule has 1 aromatic heterocycles. The lowest BCUT2D eigenvalue weighted by atomic mass is 10.3. The maximum Gasteiger partial charge on any atom is 0.0625 e. The Morgan fingerprint density at radius 3 is 3.00 bits per heavy atom. The minimum Gasteiger partial charge on any atom is -0.268 e. The van der Waals surface area contributed by atoms with Crippen LogP contribution in [0.1, 0.15) is 0 Å². The fourth-order valence-electron chi connectivity index (χ4n) is 0.704. The van der Waals surface area contributed by atoms with E-state index in [0.29, 0.717) is 0 Å².